The molecule has 82 heavy (non-hydrogen) atoms. The lowest BCUT2D eigenvalue weighted by atomic mass is 9.78. The summed E-state index contributed by atoms with van der Waals surface area (Å²) in [4.78, 5) is 40.7. The average molecular weight is 1260 g/mol. The van der Waals surface area contributed by atoms with E-state index in [4.69, 9.17) is 18.9 Å². The summed E-state index contributed by atoms with van der Waals surface area (Å²) in [5.41, 5.74) is 8.43. The van der Waals surface area contributed by atoms with Crippen LogP contribution in [0.2, 0.25) is 18.1 Å². The van der Waals surface area contributed by atoms with Crippen molar-refractivity contribution >= 4 is 70.6 Å². The van der Waals surface area contributed by atoms with Gasteiger partial charge in [0.25, 0.3) is 0 Å². The standard InChI is InChI=1S/C35H45N3O3S.C34H50INO3Si/c1-24-20-28(14-17-32(24)41-2)26-10-8-25(9-11-26)23-38(34(40)27-12-15-31(39)16-13-27)30-7-5-6-29(21-30)33-22-36-35(42-33)37-18-3-4-19-37;1-24-21-28(17-20-32(24)38-5)26-13-11-25(12-14-26)23-36(30-10-8-9-29(35)22-30)33(37)27-15-18-31(19-16-27)39-40(6,7)34(2,3)4/h5-7,14,17,20-22,25-27,31,39H,3-4,8-13,15-16,18-19,23H2,1-2H3;8-10,17,20-22,25-27,31H,11-16,18-19,23H2,1-7H3. The Labute approximate surface area is 510 Å². The summed E-state index contributed by atoms with van der Waals surface area (Å²) in [6, 6.07) is 30.3. The van der Waals surface area contributed by atoms with E-state index in [1.807, 2.05) is 6.20 Å². The Morgan fingerprint density at radius 1 is 0.659 bits per heavy atom. The van der Waals surface area contributed by atoms with Crippen LogP contribution in [0.4, 0.5) is 16.5 Å². The molecule has 5 aromatic rings. The van der Waals surface area contributed by atoms with Gasteiger partial charge in [-0.25, -0.2) is 4.98 Å². The fourth-order valence-corrected chi connectivity index (χ4v) is 16.5. The summed E-state index contributed by atoms with van der Waals surface area (Å²) < 4.78 is 18.8. The van der Waals surface area contributed by atoms with Crippen molar-refractivity contribution in [1.29, 1.82) is 0 Å². The third kappa shape index (κ3) is 15.8. The van der Waals surface area contributed by atoms with Gasteiger partial charge >= 0.3 is 0 Å². The molecular formula is C69H95IN4O6SSi. The number of hydrogen-bond acceptors (Lipinski definition) is 9. The maximum atomic E-state index is 14.1. The van der Waals surface area contributed by atoms with Crippen LogP contribution in [0.25, 0.3) is 10.4 Å². The second-order valence-corrected chi connectivity index (χ2v) is 33.4. The molecular weight excluding hydrogens is 1170 g/mol. The predicted octanol–water partition coefficient (Wildman–Crippen LogP) is 17.1. The lowest BCUT2D eigenvalue weighted by Crippen LogP contribution is -2.46. The van der Waals surface area contributed by atoms with Gasteiger partial charge in [-0.1, -0.05) is 74.6 Å². The number of aromatic nitrogens is 1. The molecule has 444 valence electrons. The quantitative estimate of drug-likeness (QED) is 0.0770. The van der Waals surface area contributed by atoms with Crippen LogP contribution in [0.5, 0.6) is 11.5 Å². The molecule has 0 unspecified atom stereocenters. The van der Waals surface area contributed by atoms with Crippen molar-refractivity contribution in [3.8, 4) is 21.9 Å². The minimum Gasteiger partial charge on any atom is -0.496 e. The van der Waals surface area contributed by atoms with Gasteiger partial charge in [-0.3, -0.25) is 9.59 Å². The van der Waals surface area contributed by atoms with Gasteiger partial charge in [-0.2, -0.15) is 0 Å². The molecule has 10 rings (SSSR count). The van der Waals surface area contributed by atoms with Crippen molar-refractivity contribution in [2.45, 2.75) is 192 Å². The lowest BCUT2D eigenvalue weighted by molar-refractivity contribution is -0.124. The van der Waals surface area contributed by atoms with E-state index in [1.54, 1.807) is 25.6 Å². The van der Waals surface area contributed by atoms with Crippen LogP contribution in [0, 0.1) is 41.1 Å². The Bertz CT molecular complexity index is 2890. The fraction of sp³-hybridized carbons (Fsp3) is 0.580. The van der Waals surface area contributed by atoms with Crippen LogP contribution >= 0.6 is 33.9 Å². The third-order valence-electron chi connectivity index (χ3n) is 19.7. The molecule has 0 atom stereocenters. The highest BCUT2D eigenvalue weighted by Gasteiger charge is 2.41. The number of aryl methyl sites for hydroxylation is 2. The maximum Gasteiger partial charge on any atom is 0.230 e. The summed E-state index contributed by atoms with van der Waals surface area (Å²) in [7, 11) is 1.68. The van der Waals surface area contributed by atoms with Crippen LogP contribution < -0.4 is 24.2 Å². The molecule has 2 amide bonds. The highest BCUT2D eigenvalue weighted by atomic mass is 127. The van der Waals surface area contributed by atoms with Gasteiger partial charge < -0.3 is 33.7 Å². The normalized spacial score (nSPS) is 24.3. The topological polar surface area (TPSA) is 105 Å². The monoisotopic (exact) mass is 1260 g/mol. The molecule has 13 heteroatoms. The largest absolute Gasteiger partial charge is 0.496 e. The van der Waals surface area contributed by atoms with Crippen molar-refractivity contribution in [1.82, 2.24) is 4.98 Å². The van der Waals surface area contributed by atoms with Gasteiger partial charge in [0, 0.05) is 65.3 Å². The Balaban J connectivity index is 0.000000198. The van der Waals surface area contributed by atoms with Gasteiger partial charge in [0.05, 0.1) is 25.2 Å². The Kier molecular flexibility index (Phi) is 21.5. The zero-order valence-electron chi connectivity index (χ0n) is 50.9. The van der Waals surface area contributed by atoms with Crippen LogP contribution in [-0.2, 0) is 14.0 Å². The van der Waals surface area contributed by atoms with Crippen molar-refractivity contribution < 1.29 is 28.6 Å². The zero-order chi connectivity index (χ0) is 58.1. The second kappa shape index (κ2) is 28.3. The first-order valence-electron chi connectivity index (χ1n) is 31.2. The highest BCUT2D eigenvalue weighted by molar-refractivity contribution is 14.1. The maximum absolute atomic E-state index is 14.1. The van der Waals surface area contributed by atoms with E-state index in [1.165, 1.54) is 51.5 Å². The van der Waals surface area contributed by atoms with E-state index in [-0.39, 0.29) is 28.9 Å². The molecule has 0 bridgehead atoms. The molecule has 10 nitrogen and oxygen atoms in total. The second-order valence-electron chi connectivity index (χ2n) is 26.4. The number of amides is 2. The molecule has 4 aliphatic carbocycles. The average Bonchev–Trinajstić information content (AvgIpc) is 4.35. The van der Waals surface area contributed by atoms with Gasteiger partial charge in [0.1, 0.15) is 11.5 Å². The molecule has 2 heterocycles. The summed E-state index contributed by atoms with van der Waals surface area (Å²) in [5, 5.41) is 11.4. The number of aliphatic hydroxyl groups excluding tert-OH is 1. The van der Waals surface area contributed by atoms with Gasteiger partial charge in [-0.05, 0) is 264 Å². The molecule has 1 N–H and O–H groups in total. The Hall–Kier alpha value is -4.28. The summed E-state index contributed by atoms with van der Waals surface area (Å²) in [5.74, 6) is 4.72. The SMILES string of the molecule is COc1ccc(C2CCC(CN(C(=O)C3CCC(O)CC3)c3cccc(-c4cnc(N5CCCC5)s4)c3)CC2)cc1C.COc1ccc(C2CCC(CN(C(=O)C3CCC(O[Si](C)(C)C(C)(C)C)CC3)c3cccc(I)c3)CC2)cc1C. The first-order valence-corrected chi connectivity index (χ1v) is 36.0. The third-order valence-corrected chi connectivity index (χ3v) is 26.0. The van der Waals surface area contributed by atoms with Crippen molar-refractivity contribution in [3.63, 3.8) is 0 Å². The molecule has 1 aromatic heterocycles. The smallest absolute Gasteiger partial charge is 0.230 e. The molecule has 5 fully saturated rings. The Morgan fingerprint density at radius 2 is 1.15 bits per heavy atom. The van der Waals surface area contributed by atoms with Crippen LogP contribution in [0.3, 0.4) is 0 Å². The van der Waals surface area contributed by atoms with E-state index in [0.29, 0.717) is 35.7 Å². The molecule has 1 aliphatic heterocycles. The molecule has 4 aromatic carbocycles. The number of aliphatic hydroxyl groups is 1. The van der Waals surface area contributed by atoms with Crippen LogP contribution in [-0.4, -0.2) is 82.8 Å². The van der Waals surface area contributed by atoms with E-state index < -0.39 is 8.32 Å². The summed E-state index contributed by atoms with van der Waals surface area (Å²) in [6.45, 7) is 19.6. The van der Waals surface area contributed by atoms with E-state index in [9.17, 15) is 14.7 Å². The van der Waals surface area contributed by atoms with Gasteiger partial charge in [0.15, 0.2) is 13.4 Å². The van der Waals surface area contributed by atoms with Crippen molar-refractivity contribution in [3.05, 3.63) is 117 Å². The van der Waals surface area contributed by atoms with Crippen LogP contribution in [0.15, 0.2) is 91.1 Å². The number of nitrogens with zero attached hydrogens (tertiary/aromatic N) is 4. The number of carbonyl (C=O) groups is 2. The number of rotatable bonds is 16. The minimum absolute atomic E-state index is 0.0131. The Morgan fingerprint density at radius 3 is 1.62 bits per heavy atom. The van der Waals surface area contributed by atoms with Crippen LogP contribution in [0.1, 0.15) is 170 Å². The zero-order valence-corrected chi connectivity index (χ0v) is 54.9. The number of ether oxygens (including phenoxy) is 2. The van der Waals surface area contributed by atoms with Crippen molar-refractivity contribution in [2.75, 3.05) is 55.1 Å². The highest BCUT2D eigenvalue weighted by Crippen LogP contribution is 2.44. The van der Waals surface area contributed by atoms with E-state index in [0.717, 1.165) is 155 Å². The molecule has 5 aliphatic rings. The number of anilines is 3. The summed E-state index contributed by atoms with van der Waals surface area (Å²) in [6.07, 6.45) is 20.6. The number of thiazole rings is 1. The first kappa shape index (κ1) is 62.3. The van der Waals surface area contributed by atoms with Gasteiger partial charge in [-0.15, -0.1) is 0 Å². The number of hydrogen-bond donors (Lipinski definition) is 1. The molecule has 0 spiro atoms. The predicted molar refractivity (Wildman–Crippen MR) is 350 cm³/mol. The van der Waals surface area contributed by atoms with E-state index in [2.05, 4.69) is 170 Å². The van der Waals surface area contributed by atoms with E-state index >= 15 is 0 Å². The number of benzene rings is 4. The molecule has 1 saturated heterocycles. The lowest BCUT2D eigenvalue weighted by Gasteiger charge is -2.41. The molecule has 4 saturated carbocycles. The number of methoxy groups -OCH3 is 2. The number of halogens is 1. The fourth-order valence-electron chi connectivity index (χ4n) is 13.5. The number of carbonyl (C=O) groups excluding carboxylic acids is 2. The van der Waals surface area contributed by atoms with Crippen molar-refractivity contribution in [2.24, 2.45) is 23.7 Å². The first-order chi connectivity index (χ1) is 39.4. The molecule has 0 radical (unpaired) electrons. The van der Waals surface area contributed by atoms with Gasteiger partial charge in [0.2, 0.25) is 11.8 Å². The summed E-state index contributed by atoms with van der Waals surface area (Å²) >= 11 is 4.12. The minimum atomic E-state index is -1.79.